The van der Waals surface area contributed by atoms with Gasteiger partial charge in [0.05, 0.1) is 35.0 Å². The molecule has 0 aliphatic rings. The maximum Gasteiger partial charge on any atom is 0.340 e. The van der Waals surface area contributed by atoms with Gasteiger partial charge in [-0.25, -0.2) is 19.3 Å². The highest BCUT2D eigenvalue weighted by molar-refractivity contribution is 5.98. The summed E-state index contributed by atoms with van der Waals surface area (Å²) in [4.78, 5) is 29.5. The minimum absolute atomic E-state index is 0.158. The van der Waals surface area contributed by atoms with Crippen molar-refractivity contribution in [2.24, 2.45) is 0 Å². The summed E-state index contributed by atoms with van der Waals surface area (Å²) in [6.07, 6.45) is 0. The molecule has 4 rings (SSSR count). The number of fused-ring (bicyclic) bond motifs is 2. The number of nitrogens with zero attached hydrogens (tertiary/aromatic N) is 4. The molecule has 0 N–H and O–H groups in total. The van der Waals surface area contributed by atoms with Gasteiger partial charge in [0.15, 0.2) is 0 Å². The molecule has 0 bridgehead atoms. The maximum absolute atomic E-state index is 12.6. The number of methoxy groups -OCH3 is 1. The molecular weight excluding hydrogens is 384 g/mol. The molecule has 2 heterocycles. The van der Waals surface area contributed by atoms with E-state index in [9.17, 15) is 9.59 Å². The number of hydrogen-bond donors (Lipinski definition) is 0. The number of rotatable bonds is 5. The van der Waals surface area contributed by atoms with Crippen molar-refractivity contribution in [1.29, 1.82) is 0 Å². The van der Waals surface area contributed by atoms with Gasteiger partial charge in [0.25, 0.3) is 0 Å². The Labute approximate surface area is 172 Å². The first-order chi connectivity index (χ1) is 14.5. The van der Waals surface area contributed by atoms with E-state index in [-0.39, 0.29) is 6.61 Å². The van der Waals surface area contributed by atoms with Gasteiger partial charge in [0, 0.05) is 11.9 Å². The topological polar surface area (TPSA) is 96.2 Å². The van der Waals surface area contributed by atoms with Crippen molar-refractivity contribution >= 4 is 33.9 Å². The minimum atomic E-state index is -0.536. The molecule has 152 valence electrons. The monoisotopic (exact) mass is 404 g/mol. The number of aryl methyl sites for hydroxylation is 2. The average Bonchev–Trinajstić information content (AvgIpc) is 3.19. The zero-order valence-electron chi connectivity index (χ0n) is 16.9. The zero-order valence-corrected chi connectivity index (χ0v) is 16.9. The number of para-hydroxylation sites is 1. The molecular formula is C22H20N4O4. The Morgan fingerprint density at radius 2 is 1.87 bits per heavy atom. The minimum Gasteiger partial charge on any atom is -0.465 e. The molecule has 0 fully saturated rings. The standard InChI is InChI=1S/C22H20N4O4/c1-4-26-19-10-9-14(11-17(19)24-25-26)21(27)30-12-18-20(22(28)29-3)13(2)15-7-5-6-8-16(15)23-18/h5-11H,4,12H2,1-3H3. The van der Waals surface area contributed by atoms with Crippen LogP contribution < -0.4 is 0 Å². The molecule has 0 atom stereocenters. The lowest BCUT2D eigenvalue weighted by molar-refractivity contribution is 0.0455. The van der Waals surface area contributed by atoms with Crippen LogP contribution in [0.2, 0.25) is 0 Å². The molecule has 0 amide bonds. The largest absolute Gasteiger partial charge is 0.465 e. The molecule has 8 heteroatoms. The predicted molar refractivity (Wildman–Crippen MR) is 110 cm³/mol. The Balaban J connectivity index is 1.64. The van der Waals surface area contributed by atoms with Crippen LogP contribution in [0.1, 0.15) is 38.9 Å². The Kier molecular flexibility index (Phi) is 5.14. The van der Waals surface area contributed by atoms with Crippen LogP contribution in [0.5, 0.6) is 0 Å². The van der Waals surface area contributed by atoms with Crippen molar-refractivity contribution in [3.8, 4) is 0 Å². The molecule has 0 aliphatic carbocycles. The summed E-state index contributed by atoms with van der Waals surface area (Å²) in [6.45, 7) is 4.32. The second kappa shape index (κ2) is 7.90. The number of carbonyl (C=O) groups excluding carboxylic acids is 2. The van der Waals surface area contributed by atoms with Gasteiger partial charge < -0.3 is 9.47 Å². The molecule has 0 radical (unpaired) electrons. The van der Waals surface area contributed by atoms with Crippen LogP contribution >= 0.6 is 0 Å². The van der Waals surface area contributed by atoms with E-state index in [0.29, 0.717) is 34.4 Å². The summed E-state index contributed by atoms with van der Waals surface area (Å²) in [7, 11) is 1.31. The second-order valence-corrected chi connectivity index (χ2v) is 6.75. The SMILES string of the molecule is CCn1nnc2cc(C(=O)OCc3nc4ccccc4c(C)c3C(=O)OC)ccc21. The van der Waals surface area contributed by atoms with Gasteiger partial charge in [-0.2, -0.15) is 0 Å². The lowest BCUT2D eigenvalue weighted by atomic mass is 10.0. The first-order valence-electron chi connectivity index (χ1n) is 9.50. The molecule has 0 saturated heterocycles. The van der Waals surface area contributed by atoms with E-state index in [2.05, 4.69) is 15.3 Å². The van der Waals surface area contributed by atoms with Crippen LogP contribution in [0.3, 0.4) is 0 Å². The van der Waals surface area contributed by atoms with Crippen LogP contribution in [0.4, 0.5) is 0 Å². The summed E-state index contributed by atoms with van der Waals surface area (Å²) in [5, 5.41) is 8.96. The molecule has 0 spiro atoms. The van der Waals surface area contributed by atoms with Gasteiger partial charge in [-0.3, -0.25) is 0 Å². The first-order valence-corrected chi connectivity index (χ1v) is 9.50. The van der Waals surface area contributed by atoms with Gasteiger partial charge >= 0.3 is 11.9 Å². The average molecular weight is 404 g/mol. The third-order valence-corrected chi connectivity index (χ3v) is 5.01. The van der Waals surface area contributed by atoms with Crippen LogP contribution in [0, 0.1) is 6.92 Å². The van der Waals surface area contributed by atoms with Gasteiger partial charge in [0.1, 0.15) is 12.1 Å². The quantitative estimate of drug-likeness (QED) is 0.470. The van der Waals surface area contributed by atoms with Crippen LogP contribution in [0.25, 0.3) is 21.9 Å². The van der Waals surface area contributed by atoms with Crippen molar-refractivity contribution in [1.82, 2.24) is 20.0 Å². The summed E-state index contributed by atoms with van der Waals surface area (Å²) in [6, 6.07) is 12.6. The van der Waals surface area contributed by atoms with Crippen molar-refractivity contribution in [3.05, 3.63) is 64.8 Å². The van der Waals surface area contributed by atoms with Crippen LogP contribution in [0.15, 0.2) is 42.5 Å². The second-order valence-electron chi connectivity index (χ2n) is 6.75. The number of hydrogen-bond acceptors (Lipinski definition) is 7. The van der Waals surface area contributed by atoms with Crippen LogP contribution in [-0.2, 0) is 22.6 Å². The molecule has 0 saturated carbocycles. The molecule has 8 nitrogen and oxygen atoms in total. The van der Waals surface area contributed by atoms with E-state index >= 15 is 0 Å². The highest BCUT2D eigenvalue weighted by Crippen LogP contribution is 2.24. The Morgan fingerprint density at radius 3 is 2.63 bits per heavy atom. The highest BCUT2D eigenvalue weighted by atomic mass is 16.5. The molecule has 0 aliphatic heterocycles. The third kappa shape index (κ3) is 3.36. The lowest BCUT2D eigenvalue weighted by Crippen LogP contribution is -2.14. The highest BCUT2D eigenvalue weighted by Gasteiger charge is 2.21. The van der Waals surface area contributed by atoms with E-state index in [4.69, 9.17) is 9.47 Å². The van der Waals surface area contributed by atoms with Gasteiger partial charge in [-0.15, -0.1) is 5.10 Å². The third-order valence-electron chi connectivity index (χ3n) is 5.01. The van der Waals surface area contributed by atoms with E-state index in [1.165, 1.54) is 7.11 Å². The summed E-state index contributed by atoms with van der Waals surface area (Å²) in [5.41, 5.74) is 3.91. The van der Waals surface area contributed by atoms with E-state index in [0.717, 1.165) is 16.5 Å². The summed E-state index contributed by atoms with van der Waals surface area (Å²) in [5.74, 6) is -1.05. The normalized spacial score (nSPS) is 11.0. The predicted octanol–water partition coefficient (Wildman–Crippen LogP) is 3.45. The van der Waals surface area contributed by atoms with E-state index < -0.39 is 11.9 Å². The van der Waals surface area contributed by atoms with Crippen LogP contribution in [-0.4, -0.2) is 39.0 Å². The molecule has 30 heavy (non-hydrogen) atoms. The van der Waals surface area contributed by atoms with Crippen molar-refractivity contribution in [2.75, 3.05) is 7.11 Å². The number of carbonyl (C=O) groups is 2. The fourth-order valence-electron chi connectivity index (χ4n) is 3.47. The van der Waals surface area contributed by atoms with Crippen molar-refractivity contribution < 1.29 is 19.1 Å². The number of benzene rings is 2. The molecule has 2 aromatic carbocycles. The van der Waals surface area contributed by atoms with E-state index in [1.807, 2.05) is 38.1 Å². The van der Waals surface area contributed by atoms with E-state index in [1.54, 1.807) is 22.9 Å². The Morgan fingerprint density at radius 1 is 1.07 bits per heavy atom. The number of pyridine rings is 1. The lowest BCUT2D eigenvalue weighted by Gasteiger charge is -2.13. The van der Waals surface area contributed by atoms with Gasteiger partial charge in [-0.1, -0.05) is 23.4 Å². The summed E-state index contributed by atoms with van der Waals surface area (Å²) >= 11 is 0. The molecule has 4 aromatic rings. The smallest absolute Gasteiger partial charge is 0.340 e. The number of esters is 2. The summed E-state index contributed by atoms with van der Waals surface area (Å²) < 4.78 is 12.1. The zero-order chi connectivity index (χ0) is 21.3. The Hall–Kier alpha value is -3.81. The van der Waals surface area contributed by atoms with Crippen molar-refractivity contribution in [2.45, 2.75) is 27.0 Å². The molecule has 0 unspecified atom stereocenters. The Bertz CT molecular complexity index is 1280. The number of aromatic nitrogens is 4. The molecule has 2 aromatic heterocycles. The van der Waals surface area contributed by atoms with Crippen molar-refractivity contribution in [3.63, 3.8) is 0 Å². The fraction of sp³-hybridized carbons (Fsp3) is 0.227. The first kappa shape index (κ1) is 19.5. The maximum atomic E-state index is 12.6. The fourth-order valence-corrected chi connectivity index (χ4v) is 3.47. The number of ether oxygens (including phenoxy) is 2. The van der Waals surface area contributed by atoms with Gasteiger partial charge in [0.2, 0.25) is 0 Å². The van der Waals surface area contributed by atoms with Gasteiger partial charge in [-0.05, 0) is 43.7 Å².